The number of nitrogens with zero attached hydrogens (tertiary/aromatic N) is 4. The number of piperidine rings is 1. The van der Waals surface area contributed by atoms with Crippen LogP contribution in [0.1, 0.15) is 76.4 Å². The Hall–Kier alpha value is -5.68. The number of hydrogen-bond acceptors (Lipinski definition) is 8. The predicted octanol–water partition coefficient (Wildman–Crippen LogP) is 6.62. The van der Waals surface area contributed by atoms with Crippen molar-refractivity contribution in [2.75, 3.05) is 55.7 Å². The van der Waals surface area contributed by atoms with Gasteiger partial charge in [0, 0.05) is 49.8 Å². The molecule has 0 bridgehead atoms. The van der Waals surface area contributed by atoms with Gasteiger partial charge in [0.2, 0.25) is 5.91 Å². The average Bonchev–Trinajstić information content (AvgIpc) is 3.45. The molecule has 2 fully saturated rings. The van der Waals surface area contributed by atoms with E-state index in [9.17, 15) is 23.9 Å². The minimum Gasteiger partial charge on any atom is -0.508 e. The number of ether oxygens (including phenoxy) is 1. The molecule has 4 aromatic rings. The predicted molar refractivity (Wildman–Crippen MR) is 214 cm³/mol. The average molecular weight is 758 g/mol. The lowest BCUT2D eigenvalue weighted by Crippen LogP contribution is -2.51. The fourth-order valence-electron chi connectivity index (χ4n) is 8.83. The van der Waals surface area contributed by atoms with Crippen molar-refractivity contribution < 1.29 is 28.6 Å². The minimum atomic E-state index is -0.812. The van der Waals surface area contributed by atoms with Crippen LogP contribution in [0.15, 0.2) is 97.2 Å². The molecule has 0 aliphatic carbocycles. The van der Waals surface area contributed by atoms with E-state index in [-0.39, 0.29) is 17.5 Å². The second-order valence-electron chi connectivity index (χ2n) is 15.4. The van der Waals surface area contributed by atoms with Gasteiger partial charge in [-0.25, -0.2) is 4.39 Å². The fourth-order valence-corrected chi connectivity index (χ4v) is 8.83. The molecule has 4 aromatic carbocycles. The third-order valence-corrected chi connectivity index (χ3v) is 12.0. The van der Waals surface area contributed by atoms with Crippen molar-refractivity contribution in [3.05, 3.63) is 131 Å². The number of rotatable bonds is 11. The van der Waals surface area contributed by atoms with Crippen LogP contribution in [-0.4, -0.2) is 84.5 Å². The lowest BCUT2D eigenvalue weighted by Gasteiger charge is -2.48. The zero-order valence-corrected chi connectivity index (χ0v) is 31.8. The molecule has 4 aliphatic heterocycles. The molecule has 0 spiro atoms. The third-order valence-electron chi connectivity index (χ3n) is 12.0. The number of aromatic hydroxyl groups is 1. The summed E-state index contributed by atoms with van der Waals surface area (Å²) in [5.74, 6) is -0.363. The highest BCUT2D eigenvalue weighted by atomic mass is 19.1. The molecule has 4 heterocycles. The molecule has 2 unspecified atom stereocenters. The number of carbonyl (C=O) groups excluding carboxylic acids is 3. The number of piperazine rings is 1. The van der Waals surface area contributed by atoms with Crippen LogP contribution in [0.3, 0.4) is 0 Å². The van der Waals surface area contributed by atoms with Crippen LogP contribution in [0.25, 0.3) is 0 Å². The number of phenolic OH excluding ortho intramolecular Hbond substituents is 1. The Labute approximate surface area is 327 Å². The first kappa shape index (κ1) is 37.3. The van der Waals surface area contributed by atoms with E-state index in [1.54, 1.807) is 12.1 Å². The minimum absolute atomic E-state index is 0.257. The molecule has 0 saturated carbocycles. The number of halogens is 1. The fraction of sp³-hybridized carbons (Fsp3) is 0.356. The van der Waals surface area contributed by atoms with Crippen LogP contribution in [-0.2, 0) is 16.8 Å². The summed E-state index contributed by atoms with van der Waals surface area (Å²) in [6, 6.07) is 25.1. The van der Waals surface area contributed by atoms with E-state index >= 15 is 0 Å². The number of unbranched alkanes of at least 4 members (excludes halogenated alkanes) is 2. The number of nitrogens with one attached hydrogen (secondary N) is 1. The SMILES string of the molecule is C=C1CCC(N2C(=O)c3ccc(N4CCN(CCCCCOc5ccc(C6(C)c7ccc(O)cc7CCN6c6ccc(F)cc6)cc5)CC4)cc3C2=O)C(=O)N1. The maximum atomic E-state index is 13.8. The Morgan fingerprint density at radius 1 is 0.821 bits per heavy atom. The Bertz CT molecular complexity index is 2150. The molecule has 2 atom stereocenters. The van der Waals surface area contributed by atoms with Crippen molar-refractivity contribution in [1.82, 2.24) is 15.1 Å². The topological polar surface area (TPSA) is 106 Å². The van der Waals surface area contributed by atoms with Crippen LogP contribution in [0.5, 0.6) is 11.5 Å². The Morgan fingerprint density at radius 2 is 1.55 bits per heavy atom. The monoisotopic (exact) mass is 757 g/mol. The summed E-state index contributed by atoms with van der Waals surface area (Å²) in [6.45, 7) is 11.8. The number of anilines is 2. The van der Waals surface area contributed by atoms with E-state index in [2.05, 4.69) is 45.7 Å². The summed E-state index contributed by atoms with van der Waals surface area (Å²) in [4.78, 5) is 47.2. The van der Waals surface area contributed by atoms with Crippen molar-refractivity contribution in [2.24, 2.45) is 0 Å². The highest BCUT2D eigenvalue weighted by Gasteiger charge is 2.44. The molecule has 3 amide bonds. The summed E-state index contributed by atoms with van der Waals surface area (Å²) in [5.41, 5.74) is 5.97. The first-order valence-electron chi connectivity index (χ1n) is 19.7. The van der Waals surface area contributed by atoms with E-state index in [1.807, 2.05) is 48.5 Å². The maximum absolute atomic E-state index is 13.8. The Morgan fingerprint density at radius 3 is 2.30 bits per heavy atom. The van der Waals surface area contributed by atoms with E-state index in [0.29, 0.717) is 36.3 Å². The molecule has 4 aliphatic rings. The van der Waals surface area contributed by atoms with Gasteiger partial charge in [-0.15, -0.1) is 0 Å². The maximum Gasteiger partial charge on any atom is 0.262 e. The normalized spacial score (nSPS) is 21.2. The molecule has 0 radical (unpaired) electrons. The number of benzene rings is 4. The van der Waals surface area contributed by atoms with Crippen LogP contribution < -0.4 is 19.9 Å². The van der Waals surface area contributed by atoms with E-state index in [4.69, 9.17) is 4.74 Å². The van der Waals surface area contributed by atoms with Gasteiger partial charge < -0.3 is 25.0 Å². The van der Waals surface area contributed by atoms with Crippen molar-refractivity contribution >= 4 is 29.1 Å². The van der Waals surface area contributed by atoms with Crippen molar-refractivity contribution in [1.29, 1.82) is 0 Å². The molecular formula is C45H48FN5O5. The molecule has 2 N–H and O–H groups in total. The molecule has 0 aromatic heterocycles. The second-order valence-corrected chi connectivity index (χ2v) is 15.4. The highest BCUT2D eigenvalue weighted by molar-refractivity contribution is 6.23. The van der Waals surface area contributed by atoms with Crippen LogP contribution in [0.4, 0.5) is 15.8 Å². The zero-order valence-electron chi connectivity index (χ0n) is 31.8. The van der Waals surface area contributed by atoms with Gasteiger partial charge in [0.25, 0.3) is 11.8 Å². The molecule has 10 nitrogen and oxygen atoms in total. The molecular weight excluding hydrogens is 710 g/mol. The van der Waals surface area contributed by atoms with E-state index in [0.717, 1.165) is 104 Å². The summed E-state index contributed by atoms with van der Waals surface area (Å²) in [6.07, 6.45) is 4.77. The van der Waals surface area contributed by atoms with Crippen LogP contribution in [0.2, 0.25) is 0 Å². The van der Waals surface area contributed by atoms with Gasteiger partial charge in [-0.2, -0.15) is 0 Å². The first-order chi connectivity index (χ1) is 27.1. The van der Waals surface area contributed by atoms with Crippen molar-refractivity contribution in [3.63, 3.8) is 0 Å². The van der Waals surface area contributed by atoms with Gasteiger partial charge in [-0.05, 0) is 135 Å². The standard InChI is InChI=1S/C45H48FN5O5/c1-30-6-19-41(42(53)47-30)51-43(54)38-17-13-35(29-39(38)44(51)55)49-25-23-48(24-26-49)21-4-3-5-27-56-37-15-7-32(8-16-37)45(2)40-18-14-36(52)28-31(40)20-22-50(45)34-11-9-33(46)10-12-34/h7-18,28-29,41,52H,1,3-6,19-27H2,2H3,(H,47,53). The number of hydrogen-bond donors (Lipinski definition) is 2. The van der Waals surface area contributed by atoms with Gasteiger partial charge in [0.1, 0.15) is 23.4 Å². The van der Waals surface area contributed by atoms with Gasteiger partial charge >= 0.3 is 0 Å². The number of fused-ring (bicyclic) bond motifs is 2. The largest absolute Gasteiger partial charge is 0.508 e. The second kappa shape index (κ2) is 15.5. The first-order valence-corrected chi connectivity index (χ1v) is 19.7. The van der Waals surface area contributed by atoms with Crippen LogP contribution >= 0.6 is 0 Å². The Balaban J connectivity index is 0.799. The molecule has 290 valence electrons. The van der Waals surface area contributed by atoms with Gasteiger partial charge in [0.15, 0.2) is 0 Å². The Kier molecular flexibility index (Phi) is 10.3. The summed E-state index contributed by atoms with van der Waals surface area (Å²) < 4.78 is 20.0. The van der Waals surface area contributed by atoms with Crippen molar-refractivity contribution in [2.45, 2.75) is 57.0 Å². The zero-order chi connectivity index (χ0) is 39.0. The smallest absolute Gasteiger partial charge is 0.262 e. The van der Waals surface area contributed by atoms with Gasteiger partial charge in [0.05, 0.1) is 23.3 Å². The number of phenols is 1. The summed E-state index contributed by atoms with van der Waals surface area (Å²) in [7, 11) is 0. The van der Waals surface area contributed by atoms with Gasteiger partial charge in [-0.1, -0.05) is 24.8 Å². The number of amides is 3. The summed E-state index contributed by atoms with van der Waals surface area (Å²) >= 11 is 0. The number of imide groups is 1. The highest BCUT2D eigenvalue weighted by Crippen LogP contribution is 2.44. The molecule has 11 heteroatoms. The molecule has 8 rings (SSSR count). The lowest BCUT2D eigenvalue weighted by molar-refractivity contribution is -0.125. The summed E-state index contributed by atoms with van der Waals surface area (Å²) in [5, 5.41) is 12.9. The lowest BCUT2D eigenvalue weighted by atomic mass is 9.76. The van der Waals surface area contributed by atoms with E-state index in [1.165, 1.54) is 12.1 Å². The van der Waals surface area contributed by atoms with Crippen LogP contribution in [0, 0.1) is 5.82 Å². The van der Waals surface area contributed by atoms with Crippen molar-refractivity contribution in [3.8, 4) is 11.5 Å². The molecule has 2 saturated heterocycles. The number of carbonyl (C=O) groups is 3. The number of allylic oxidation sites excluding steroid dienone is 1. The quantitative estimate of drug-likeness (QED) is 0.130. The van der Waals surface area contributed by atoms with Gasteiger partial charge in [-0.3, -0.25) is 24.2 Å². The third kappa shape index (κ3) is 7.11. The molecule has 56 heavy (non-hydrogen) atoms. The van der Waals surface area contributed by atoms with E-state index < -0.39 is 23.4 Å².